The molecule has 0 aromatic heterocycles. The summed E-state index contributed by atoms with van der Waals surface area (Å²) < 4.78 is 5.47. The van der Waals surface area contributed by atoms with Gasteiger partial charge in [0, 0.05) is 13.2 Å². The maximum absolute atomic E-state index is 8.95. The summed E-state index contributed by atoms with van der Waals surface area (Å²) in [5, 5.41) is 12.3. The monoisotopic (exact) mass is 246 g/mol. The third-order valence-electron chi connectivity index (χ3n) is 2.65. The molecule has 0 fully saturated rings. The number of benzene rings is 1. The fourth-order valence-electron chi connectivity index (χ4n) is 1.68. The summed E-state index contributed by atoms with van der Waals surface area (Å²) >= 11 is 0. The molecule has 98 valence electrons. The highest BCUT2D eigenvalue weighted by Crippen LogP contribution is 2.06. The summed E-state index contributed by atoms with van der Waals surface area (Å²) in [6.45, 7) is 6.65. The summed E-state index contributed by atoms with van der Waals surface area (Å²) in [5.74, 6) is 0. The van der Waals surface area contributed by atoms with Crippen LogP contribution in [0.1, 0.15) is 37.8 Å². The summed E-state index contributed by atoms with van der Waals surface area (Å²) in [6.07, 6.45) is 2.49. The first-order valence-electron chi connectivity index (χ1n) is 6.54. The Bertz CT molecular complexity index is 382. The number of unbranched alkanes of at least 4 members (excludes halogenated alkanes) is 1. The largest absolute Gasteiger partial charge is 0.379 e. The summed E-state index contributed by atoms with van der Waals surface area (Å²) in [7, 11) is 0. The van der Waals surface area contributed by atoms with Crippen LogP contribution >= 0.6 is 0 Å². The third-order valence-corrected chi connectivity index (χ3v) is 2.65. The molecule has 1 rings (SSSR count). The fraction of sp³-hybridized carbons (Fsp3) is 0.533. The lowest BCUT2D eigenvalue weighted by atomic mass is 10.1. The molecule has 0 aliphatic rings. The zero-order valence-corrected chi connectivity index (χ0v) is 11.3. The van der Waals surface area contributed by atoms with Gasteiger partial charge in [-0.25, -0.2) is 0 Å². The second-order valence-electron chi connectivity index (χ2n) is 4.57. The van der Waals surface area contributed by atoms with E-state index in [1.807, 2.05) is 24.3 Å². The Morgan fingerprint density at radius 1 is 1.28 bits per heavy atom. The Kier molecular flexibility index (Phi) is 7.09. The number of ether oxygens (including phenoxy) is 1. The zero-order chi connectivity index (χ0) is 13.2. The molecule has 0 saturated heterocycles. The van der Waals surface area contributed by atoms with Crippen molar-refractivity contribution in [1.29, 1.82) is 5.26 Å². The van der Waals surface area contributed by atoms with Gasteiger partial charge in [0.1, 0.15) is 0 Å². The molecule has 0 unspecified atom stereocenters. The molecular weight excluding hydrogens is 224 g/mol. The molecule has 3 nitrogen and oxygen atoms in total. The second-order valence-corrected chi connectivity index (χ2v) is 4.57. The lowest BCUT2D eigenvalue weighted by Crippen LogP contribution is -2.16. The van der Waals surface area contributed by atoms with Crippen molar-refractivity contribution >= 4 is 0 Å². The number of nitrogens with zero attached hydrogens (tertiary/aromatic N) is 1. The number of nitrogens with one attached hydrogen (secondary N) is 1. The molecule has 0 saturated carbocycles. The van der Waals surface area contributed by atoms with E-state index in [4.69, 9.17) is 10.00 Å². The number of rotatable bonds is 8. The predicted molar refractivity (Wildman–Crippen MR) is 73.2 cm³/mol. The maximum Gasteiger partial charge on any atom is 0.0995 e. The molecule has 1 N–H and O–H groups in total. The van der Waals surface area contributed by atoms with Gasteiger partial charge in [-0.1, -0.05) is 18.2 Å². The average Bonchev–Trinajstić information content (AvgIpc) is 2.37. The van der Waals surface area contributed by atoms with E-state index < -0.39 is 0 Å². The topological polar surface area (TPSA) is 45.0 Å². The quantitative estimate of drug-likeness (QED) is 0.717. The van der Waals surface area contributed by atoms with Crippen LogP contribution in [0.25, 0.3) is 0 Å². The smallest absolute Gasteiger partial charge is 0.0995 e. The predicted octanol–water partition coefficient (Wildman–Crippen LogP) is 2.85. The molecule has 0 radical (unpaired) electrons. The molecule has 0 amide bonds. The summed E-state index contributed by atoms with van der Waals surface area (Å²) in [4.78, 5) is 0. The SMILES string of the molecule is CC(C)OCCCCNCc1ccccc1C#N. The minimum absolute atomic E-state index is 0.320. The van der Waals surface area contributed by atoms with Gasteiger partial charge in [-0.3, -0.25) is 0 Å². The highest BCUT2D eigenvalue weighted by molar-refractivity contribution is 5.37. The van der Waals surface area contributed by atoms with Crippen molar-refractivity contribution in [1.82, 2.24) is 5.32 Å². The maximum atomic E-state index is 8.95. The second kappa shape index (κ2) is 8.68. The van der Waals surface area contributed by atoms with Crippen molar-refractivity contribution in [2.24, 2.45) is 0 Å². The van der Waals surface area contributed by atoms with Gasteiger partial charge in [-0.05, 0) is 44.9 Å². The van der Waals surface area contributed by atoms with Crippen LogP contribution in [-0.2, 0) is 11.3 Å². The Balaban J connectivity index is 2.13. The zero-order valence-electron chi connectivity index (χ0n) is 11.3. The van der Waals surface area contributed by atoms with Crippen LogP contribution in [0.2, 0.25) is 0 Å². The molecule has 0 heterocycles. The number of nitriles is 1. The van der Waals surface area contributed by atoms with Crippen LogP contribution in [0.5, 0.6) is 0 Å². The van der Waals surface area contributed by atoms with Crippen molar-refractivity contribution in [3.05, 3.63) is 35.4 Å². The first kappa shape index (κ1) is 14.7. The van der Waals surface area contributed by atoms with Crippen LogP contribution < -0.4 is 5.32 Å². The van der Waals surface area contributed by atoms with Gasteiger partial charge in [-0.2, -0.15) is 5.26 Å². The number of hydrogen-bond acceptors (Lipinski definition) is 3. The van der Waals surface area contributed by atoms with Crippen molar-refractivity contribution < 1.29 is 4.74 Å². The minimum Gasteiger partial charge on any atom is -0.379 e. The van der Waals surface area contributed by atoms with Crippen LogP contribution in [0.4, 0.5) is 0 Å². The number of hydrogen-bond donors (Lipinski definition) is 1. The Labute approximate surface area is 110 Å². The van der Waals surface area contributed by atoms with Crippen molar-refractivity contribution in [3.8, 4) is 6.07 Å². The molecule has 0 aliphatic heterocycles. The highest BCUT2D eigenvalue weighted by Gasteiger charge is 1.99. The fourth-order valence-corrected chi connectivity index (χ4v) is 1.68. The molecule has 1 aromatic carbocycles. The van der Waals surface area contributed by atoms with Crippen LogP contribution in [0.3, 0.4) is 0 Å². The van der Waals surface area contributed by atoms with Crippen LogP contribution in [-0.4, -0.2) is 19.3 Å². The minimum atomic E-state index is 0.320. The molecular formula is C15H22N2O. The van der Waals surface area contributed by atoms with E-state index in [9.17, 15) is 0 Å². The van der Waals surface area contributed by atoms with E-state index in [1.54, 1.807) is 0 Å². The molecule has 0 spiro atoms. The normalized spacial score (nSPS) is 10.6. The molecule has 0 atom stereocenters. The average molecular weight is 246 g/mol. The third kappa shape index (κ3) is 5.81. The van der Waals surface area contributed by atoms with Gasteiger partial charge in [0.05, 0.1) is 17.7 Å². The van der Waals surface area contributed by atoms with E-state index in [1.165, 1.54) is 0 Å². The van der Waals surface area contributed by atoms with E-state index in [0.717, 1.165) is 43.7 Å². The van der Waals surface area contributed by atoms with Gasteiger partial charge in [0.25, 0.3) is 0 Å². The van der Waals surface area contributed by atoms with E-state index in [2.05, 4.69) is 25.2 Å². The summed E-state index contributed by atoms with van der Waals surface area (Å²) in [5.41, 5.74) is 1.83. The van der Waals surface area contributed by atoms with Gasteiger partial charge >= 0.3 is 0 Å². The van der Waals surface area contributed by atoms with Crippen molar-refractivity contribution in [2.45, 2.75) is 39.3 Å². The summed E-state index contributed by atoms with van der Waals surface area (Å²) in [6, 6.07) is 9.92. The molecule has 0 aliphatic carbocycles. The Morgan fingerprint density at radius 2 is 2.06 bits per heavy atom. The van der Waals surface area contributed by atoms with E-state index >= 15 is 0 Å². The first-order valence-corrected chi connectivity index (χ1v) is 6.54. The molecule has 1 aromatic rings. The van der Waals surface area contributed by atoms with Crippen LogP contribution in [0, 0.1) is 11.3 Å². The van der Waals surface area contributed by atoms with Gasteiger partial charge < -0.3 is 10.1 Å². The van der Waals surface area contributed by atoms with Crippen molar-refractivity contribution in [3.63, 3.8) is 0 Å². The lowest BCUT2D eigenvalue weighted by Gasteiger charge is -2.08. The molecule has 18 heavy (non-hydrogen) atoms. The molecule has 3 heteroatoms. The Hall–Kier alpha value is -1.37. The van der Waals surface area contributed by atoms with Crippen molar-refractivity contribution in [2.75, 3.05) is 13.2 Å². The molecule has 0 bridgehead atoms. The van der Waals surface area contributed by atoms with E-state index in [0.29, 0.717) is 6.10 Å². The van der Waals surface area contributed by atoms with Gasteiger partial charge in [-0.15, -0.1) is 0 Å². The van der Waals surface area contributed by atoms with E-state index in [-0.39, 0.29) is 0 Å². The van der Waals surface area contributed by atoms with Gasteiger partial charge in [0.15, 0.2) is 0 Å². The highest BCUT2D eigenvalue weighted by atomic mass is 16.5. The Morgan fingerprint density at radius 3 is 2.78 bits per heavy atom. The standard InChI is InChI=1S/C15H22N2O/c1-13(2)18-10-6-5-9-17-12-15-8-4-3-7-14(15)11-16/h3-4,7-8,13,17H,5-6,9-10,12H2,1-2H3. The first-order chi connectivity index (χ1) is 8.74. The lowest BCUT2D eigenvalue weighted by molar-refractivity contribution is 0.0760. The van der Waals surface area contributed by atoms with Gasteiger partial charge in [0.2, 0.25) is 0 Å². The van der Waals surface area contributed by atoms with Crippen LogP contribution in [0.15, 0.2) is 24.3 Å².